The first-order valence-corrected chi connectivity index (χ1v) is 6.03. The molecule has 0 aromatic heterocycles. The summed E-state index contributed by atoms with van der Waals surface area (Å²) in [5.74, 6) is -10.4. The summed E-state index contributed by atoms with van der Waals surface area (Å²) in [6.07, 6.45) is 4.67. The Morgan fingerprint density at radius 3 is 1.55 bits per heavy atom. The van der Waals surface area contributed by atoms with Crippen LogP contribution in [0.4, 0.5) is 26.3 Å². The minimum atomic E-state index is -2.20. The molecule has 0 radical (unpaired) electrons. The normalized spacial score (nSPS) is 11.7. The molecule has 0 aliphatic heterocycles. The van der Waals surface area contributed by atoms with Gasteiger partial charge in [-0.1, -0.05) is 30.4 Å². The van der Waals surface area contributed by atoms with E-state index >= 15 is 0 Å². The molecule has 0 bridgehead atoms. The molecule has 0 nitrogen and oxygen atoms in total. The smallest absolute Gasteiger partial charge is 0.200 e. The Morgan fingerprint density at radius 2 is 1.00 bits per heavy atom. The fraction of sp³-hybridized carbons (Fsp3) is 0. The molecule has 114 valence electrons. The van der Waals surface area contributed by atoms with Crippen molar-refractivity contribution in [2.45, 2.75) is 0 Å². The van der Waals surface area contributed by atoms with Crippen LogP contribution in [0.2, 0.25) is 0 Å². The molecule has 0 atom stereocenters. The zero-order chi connectivity index (χ0) is 16.3. The van der Waals surface area contributed by atoms with E-state index < -0.39 is 40.5 Å². The highest BCUT2D eigenvalue weighted by Gasteiger charge is 2.23. The van der Waals surface area contributed by atoms with Crippen LogP contribution in [0.5, 0.6) is 0 Å². The number of hydrogen-bond donors (Lipinski definition) is 0. The summed E-state index contributed by atoms with van der Waals surface area (Å²) in [5, 5.41) is 0. The van der Waals surface area contributed by atoms with Gasteiger partial charge < -0.3 is 0 Å². The Bertz CT molecular complexity index is 715. The average Bonchev–Trinajstić information content (AvgIpc) is 2.52. The molecule has 2 rings (SSSR count). The molecule has 0 spiro atoms. The molecule has 0 amide bonds. The molecule has 0 aliphatic rings. The van der Waals surface area contributed by atoms with E-state index in [0.717, 1.165) is 12.2 Å². The Balaban J connectivity index is 2.26. The van der Waals surface area contributed by atoms with E-state index in [-0.39, 0.29) is 0 Å². The molecule has 0 unspecified atom stereocenters. The zero-order valence-electron chi connectivity index (χ0n) is 10.9. The lowest BCUT2D eigenvalue weighted by molar-refractivity contribution is 0.377. The monoisotopic (exact) mass is 314 g/mol. The van der Waals surface area contributed by atoms with Crippen LogP contribution in [0.1, 0.15) is 11.1 Å². The van der Waals surface area contributed by atoms with Crippen molar-refractivity contribution in [3.63, 3.8) is 0 Å². The van der Waals surface area contributed by atoms with Gasteiger partial charge in [-0.05, 0) is 23.8 Å². The van der Waals surface area contributed by atoms with Crippen molar-refractivity contribution in [2.24, 2.45) is 0 Å². The summed E-state index contributed by atoms with van der Waals surface area (Å²) in [6.45, 7) is 0. The van der Waals surface area contributed by atoms with E-state index in [1.807, 2.05) is 0 Å². The van der Waals surface area contributed by atoms with E-state index in [0.29, 0.717) is 5.56 Å². The first-order chi connectivity index (χ1) is 10.4. The predicted octanol–water partition coefficient (Wildman–Crippen LogP) is 5.25. The van der Waals surface area contributed by atoms with Crippen molar-refractivity contribution >= 4 is 12.2 Å². The predicted molar refractivity (Wildman–Crippen MR) is 70.7 cm³/mol. The molecular formula is C16H8F6. The standard InChI is InChI=1S/C16H8F6/c17-10-7-5-9(6-8-10)3-1-2-4-11-12(18)14(20)16(22)15(21)13(11)19/h1-8H. The van der Waals surface area contributed by atoms with Gasteiger partial charge in [0.25, 0.3) is 0 Å². The molecule has 0 aliphatic carbocycles. The third-order valence-electron chi connectivity index (χ3n) is 2.78. The van der Waals surface area contributed by atoms with E-state index in [2.05, 4.69) is 0 Å². The minimum absolute atomic E-state index is 0.422. The topological polar surface area (TPSA) is 0 Å². The zero-order valence-corrected chi connectivity index (χ0v) is 10.9. The van der Waals surface area contributed by atoms with Crippen LogP contribution in [-0.2, 0) is 0 Å². The summed E-state index contributed by atoms with van der Waals surface area (Å²) in [5.41, 5.74) is -0.427. The highest BCUT2D eigenvalue weighted by Crippen LogP contribution is 2.24. The second kappa shape index (κ2) is 6.51. The maximum atomic E-state index is 13.4. The lowest BCUT2D eigenvalue weighted by atomic mass is 10.1. The second-order valence-electron chi connectivity index (χ2n) is 4.25. The quantitative estimate of drug-likeness (QED) is 0.314. The number of hydrogen-bond acceptors (Lipinski definition) is 0. The van der Waals surface area contributed by atoms with Gasteiger partial charge in [-0.2, -0.15) is 0 Å². The minimum Gasteiger partial charge on any atom is -0.207 e. The van der Waals surface area contributed by atoms with Gasteiger partial charge in [-0.3, -0.25) is 0 Å². The van der Waals surface area contributed by atoms with Gasteiger partial charge in [0, 0.05) is 0 Å². The molecule has 0 fully saturated rings. The Morgan fingerprint density at radius 1 is 0.545 bits per heavy atom. The Labute approximate surface area is 122 Å². The molecule has 0 heterocycles. The van der Waals surface area contributed by atoms with Crippen LogP contribution in [-0.4, -0.2) is 0 Å². The van der Waals surface area contributed by atoms with Gasteiger partial charge in [-0.15, -0.1) is 0 Å². The first-order valence-electron chi connectivity index (χ1n) is 6.03. The summed E-state index contributed by atoms with van der Waals surface area (Å²) < 4.78 is 78.2. The summed E-state index contributed by atoms with van der Waals surface area (Å²) in [4.78, 5) is 0. The summed E-state index contributed by atoms with van der Waals surface area (Å²) in [7, 11) is 0. The van der Waals surface area contributed by atoms with Crippen LogP contribution < -0.4 is 0 Å². The lowest BCUT2D eigenvalue weighted by Crippen LogP contribution is -2.03. The van der Waals surface area contributed by atoms with Crippen LogP contribution in [0.15, 0.2) is 36.4 Å². The van der Waals surface area contributed by atoms with Gasteiger partial charge in [0.15, 0.2) is 23.3 Å². The Kier molecular flexibility index (Phi) is 4.70. The fourth-order valence-electron chi connectivity index (χ4n) is 1.66. The van der Waals surface area contributed by atoms with Crippen LogP contribution >= 0.6 is 0 Å². The lowest BCUT2D eigenvalue weighted by Gasteiger charge is -2.03. The number of allylic oxidation sites excluding steroid dienone is 2. The molecule has 0 saturated heterocycles. The average molecular weight is 314 g/mol. The third-order valence-corrected chi connectivity index (χ3v) is 2.78. The van der Waals surface area contributed by atoms with Crippen LogP contribution in [0.3, 0.4) is 0 Å². The SMILES string of the molecule is Fc1ccc(C=CC=Cc2c(F)c(F)c(F)c(F)c2F)cc1. The van der Waals surface area contributed by atoms with Gasteiger partial charge in [-0.25, -0.2) is 26.3 Å². The third kappa shape index (κ3) is 3.21. The number of rotatable bonds is 3. The maximum absolute atomic E-state index is 13.4. The van der Waals surface area contributed by atoms with E-state index in [4.69, 9.17) is 0 Å². The summed E-state index contributed by atoms with van der Waals surface area (Å²) in [6, 6.07) is 5.34. The molecule has 2 aromatic carbocycles. The van der Waals surface area contributed by atoms with Crippen molar-refractivity contribution in [1.82, 2.24) is 0 Å². The van der Waals surface area contributed by atoms with Gasteiger partial charge >= 0.3 is 0 Å². The fourth-order valence-corrected chi connectivity index (χ4v) is 1.66. The van der Waals surface area contributed by atoms with Crippen molar-refractivity contribution in [3.8, 4) is 0 Å². The van der Waals surface area contributed by atoms with Crippen molar-refractivity contribution in [3.05, 3.63) is 82.4 Å². The molecule has 6 heteroatoms. The molecule has 2 aromatic rings. The molecule has 0 N–H and O–H groups in total. The first kappa shape index (κ1) is 15.9. The van der Waals surface area contributed by atoms with Crippen molar-refractivity contribution < 1.29 is 26.3 Å². The molecule has 22 heavy (non-hydrogen) atoms. The molecular weight excluding hydrogens is 306 g/mol. The second-order valence-corrected chi connectivity index (χ2v) is 4.25. The van der Waals surface area contributed by atoms with Crippen molar-refractivity contribution in [1.29, 1.82) is 0 Å². The maximum Gasteiger partial charge on any atom is 0.200 e. The number of halogens is 6. The van der Waals surface area contributed by atoms with Crippen LogP contribution in [0, 0.1) is 34.9 Å². The highest BCUT2D eigenvalue weighted by molar-refractivity contribution is 5.58. The van der Waals surface area contributed by atoms with E-state index in [1.54, 1.807) is 0 Å². The highest BCUT2D eigenvalue weighted by atomic mass is 19.2. The Hall–Kier alpha value is -2.50. The summed E-state index contributed by atoms with van der Waals surface area (Å²) >= 11 is 0. The van der Waals surface area contributed by atoms with Gasteiger partial charge in [0.1, 0.15) is 5.82 Å². The number of benzene rings is 2. The van der Waals surface area contributed by atoms with Crippen LogP contribution in [0.25, 0.3) is 12.2 Å². The van der Waals surface area contributed by atoms with Gasteiger partial charge in [0.05, 0.1) is 5.56 Å². The van der Waals surface area contributed by atoms with Crippen molar-refractivity contribution in [2.75, 3.05) is 0 Å². The van der Waals surface area contributed by atoms with Gasteiger partial charge in [0.2, 0.25) is 5.82 Å². The molecule has 0 saturated carbocycles. The largest absolute Gasteiger partial charge is 0.207 e. The van der Waals surface area contributed by atoms with E-state index in [1.165, 1.54) is 36.4 Å². The van der Waals surface area contributed by atoms with E-state index in [9.17, 15) is 26.3 Å².